The molecule has 0 aromatic heterocycles. The van der Waals surface area contributed by atoms with Crippen LogP contribution in [0, 0.1) is 0 Å². The second-order valence-electron chi connectivity index (χ2n) is 7.25. The van der Waals surface area contributed by atoms with Gasteiger partial charge in [0.2, 0.25) is 0 Å². The summed E-state index contributed by atoms with van der Waals surface area (Å²) in [5, 5.41) is 0. The molecule has 9 heteroatoms. The number of ether oxygens (including phenoxy) is 2. The zero-order valence-electron chi connectivity index (χ0n) is 19.3. The lowest BCUT2D eigenvalue weighted by molar-refractivity contribution is -0.139. The fourth-order valence-electron chi connectivity index (χ4n) is 2.12. The summed E-state index contributed by atoms with van der Waals surface area (Å²) in [5.74, 6) is -0.792. The van der Waals surface area contributed by atoms with Gasteiger partial charge in [-0.05, 0) is 58.8 Å². The molecule has 0 saturated heterocycles. The molecule has 0 fully saturated rings. The maximum absolute atomic E-state index is 12.8. The van der Waals surface area contributed by atoms with E-state index in [0.29, 0.717) is 56.7 Å². The summed E-state index contributed by atoms with van der Waals surface area (Å²) in [4.78, 5) is 22.6. The highest BCUT2D eigenvalue weighted by Gasteiger charge is 2.26. The average molecular weight is 463 g/mol. The van der Waals surface area contributed by atoms with Crippen molar-refractivity contribution in [1.29, 1.82) is 0 Å². The molecule has 0 aromatic rings. The Labute approximate surface area is 186 Å². The van der Waals surface area contributed by atoms with Gasteiger partial charge in [0.25, 0.3) is 0 Å². The summed E-state index contributed by atoms with van der Waals surface area (Å²) >= 11 is 0. The van der Waals surface area contributed by atoms with Crippen molar-refractivity contribution in [2.45, 2.75) is 72.1 Å². The SMILES string of the molecule is C=C(C)C(=O)OCCCCCOP(=O)(OCCCC)OCCCCCOC(=O)C(=C)C. The molecule has 0 spiro atoms. The van der Waals surface area contributed by atoms with E-state index in [2.05, 4.69) is 13.2 Å². The molecule has 0 aromatic carbocycles. The van der Waals surface area contributed by atoms with Crippen LogP contribution in [0.1, 0.15) is 72.1 Å². The van der Waals surface area contributed by atoms with Gasteiger partial charge < -0.3 is 9.47 Å². The van der Waals surface area contributed by atoms with Gasteiger partial charge in [-0.1, -0.05) is 26.5 Å². The first kappa shape index (κ1) is 29.5. The summed E-state index contributed by atoms with van der Waals surface area (Å²) in [6, 6.07) is 0. The minimum atomic E-state index is -3.61. The lowest BCUT2D eigenvalue weighted by Gasteiger charge is -2.18. The molecule has 0 atom stereocenters. The minimum absolute atomic E-state index is 0.231. The van der Waals surface area contributed by atoms with Gasteiger partial charge in [-0.25, -0.2) is 14.2 Å². The highest BCUT2D eigenvalue weighted by molar-refractivity contribution is 7.48. The highest BCUT2D eigenvalue weighted by atomic mass is 31.2. The Morgan fingerprint density at radius 1 is 0.645 bits per heavy atom. The van der Waals surface area contributed by atoms with Crippen molar-refractivity contribution in [2.75, 3.05) is 33.0 Å². The van der Waals surface area contributed by atoms with Gasteiger partial charge in [-0.2, -0.15) is 0 Å². The zero-order valence-corrected chi connectivity index (χ0v) is 20.2. The molecule has 0 bridgehead atoms. The van der Waals surface area contributed by atoms with Crippen LogP contribution in [0.3, 0.4) is 0 Å². The number of rotatable bonds is 20. The van der Waals surface area contributed by atoms with Crippen LogP contribution in [0.5, 0.6) is 0 Å². The Hall–Kier alpha value is -1.47. The lowest BCUT2D eigenvalue weighted by atomic mass is 10.2. The topological polar surface area (TPSA) is 97.4 Å². The van der Waals surface area contributed by atoms with Gasteiger partial charge in [-0.3, -0.25) is 13.6 Å². The highest BCUT2D eigenvalue weighted by Crippen LogP contribution is 2.49. The number of phosphoric ester groups is 1. The zero-order chi connectivity index (χ0) is 23.5. The predicted molar refractivity (Wildman–Crippen MR) is 120 cm³/mol. The van der Waals surface area contributed by atoms with Crippen LogP contribution in [-0.4, -0.2) is 45.0 Å². The summed E-state index contributed by atoms with van der Waals surface area (Å²) in [5.41, 5.74) is 0.747. The third kappa shape index (κ3) is 16.8. The quantitative estimate of drug-likeness (QED) is 0.101. The van der Waals surface area contributed by atoms with E-state index in [1.54, 1.807) is 13.8 Å². The van der Waals surface area contributed by atoms with Crippen molar-refractivity contribution in [1.82, 2.24) is 0 Å². The van der Waals surface area contributed by atoms with Crippen LogP contribution in [0.15, 0.2) is 24.3 Å². The predicted octanol–water partition coefficient (Wildman–Crippen LogP) is 5.52. The van der Waals surface area contributed by atoms with Crippen molar-refractivity contribution in [2.24, 2.45) is 0 Å². The number of phosphoric acid groups is 1. The molecule has 0 unspecified atom stereocenters. The van der Waals surface area contributed by atoms with Crippen molar-refractivity contribution >= 4 is 19.8 Å². The molecule has 0 aliphatic rings. The van der Waals surface area contributed by atoms with Gasteiger partial charge in [0.1, 0.15) is 0 Å². The smallest absolute Gasteiger partial charge is 0.462 e. The third-order valence-electron chi connectivity index (χ3n) is 3.99. The first-order valence-corrected chi connectivity index (χ1v) is 12.4. The molecule has 0 amide bonds. The van der Waals surface area contributed by atoms with Crippen LogP contribution >= 0.6 is 7.82 Å². The molecule has 0 N–H and O–H groups in total. The van der Waals surface area contributed by atoms with E-state index < -0.39 is 19.8 Å². The van der Waals surface area contributed by atoms with E-state index in [1.807, 2.05) is 6.92 Å². The number of hydrogen-bond donors (Lipinski definition) is 0. The molecule has 0 radical (unpaired) electrons. The summed E-state index contributed by atoms with van der Waals surface area (Å²) in [6.45, 7) is 13.7. The van der Waals surface area contributed by atoms with Crippen molar-refractivity contribution in [3.63, 3.8) is 0 Å². The first-order valence-electron chi connectivity index (χ1n) is 10.9. The maximum Gasteiger partial charge on any atom is 0.474 e. The van der Waals surface area contributed by atoms with Crippen molar-refractivity contribution in [3.8, 4) is 0 Å². The number of hydrogen-bond acceptors (Lipinski definition) is 8. The monoisotopic (exact) mass is 462 g/mol. The van der Waals surface area contributed by atoms with E-state index in [9.17, 15) is 14.2 Å². The number of carbonyl (C=O) groups is 2. The molecule has 31 heavy (non-hydrogen) atoms. The Morgan fingerprint density at radius 3 is 1.35 bits per heavy atom. The largest absolute Gasteiger partial charge is 0.474 e. The standard InChI is InChI=1S/C22H39O8P/c1-6-7-16-28-31(25,29-17-12-8-10-14-26-21(23)19(2)3)30-18-13-9-11-15-27-22(24)20(4)5/h2,4,6-18H2,1,3,5H3. The van der Waals surface area contributed by atoms with Gasteiger partial charge >= 0.3 is 19.8 Å². The van der Waals surface area contributed by atoms with Gasteiger partial charge in [0.05, 0.1) is 33.0 Å². The lowest BCUT2D eigenvalue weighted by Crippen LogP contribution is -2.07. The molecule has 8 nitrogen and oxygen atoms in total. The van der Waals surface area contributed by atoms with Gasteiger partial charge in [0, 0.05) is 11.1 Å². The first-order chi connectivity index (χ1) is 14.7. The molecule has 0 heterocycles. The molecule has 180 valence electrons. The number of unbranched alkanes of at least 4 members (excludes halogenated alkanes) is 5. The fourth-order valence-corrected chi connectivity index (χ4v) is 3.40. The summed E-state index contributed by atoms with van der Waals surface area (Å²) in [6.07, 6.45) is 5.82. The summed E-state index contributed by atoms with van der Waals surface area (Å²) in [7, 11) is -3.61. The molecule has 0 saturated carbocycles. The molecule has 0 aliphatic carbocycles. The Balaban J connectivity index is 4.07. The van der Waals surface area contributed by atoms with E-state index in [4.69, 9.17) is 23.0 Å². The third-order valence-corrected chi connectivity index (χ3v) is 5.48. The molecular weight excluding hydrogens is 423 g/mol. The second-order valence-corrected chi connectivity index (χ2v) is 8.92. The molecule has 0 rings (SSSR count). The van der Waals surface area contributed by atoms with E-state index >= 15 is 0 Å². The number of carbonyl (C=O) groups excluding carboxylic acids is 2. The minimum Gasteiger partial charge on any atom is -0.462 e. The second kappa shape index (κ2) is 18.1. The van der Waals surface area contributed by atoms with Crippen molar-refractivity contribution in [3.05, 3.63) is 24.3 Å². The molecular formula is C22H39O8P. The summed E-state index contributed by atoms with van der Waals surface area (Å²) < 4.78 is 39.1. The Bertz CT molecular complexity index is 558. The van der Waals surface area contributed by atoms with Crippen LogP contribution in [0.25, 0.3) is 0 Å². The Kier molecular flexibility index (Phi) is 17.3. The van der Waals surface area contributed by atoms with E-state index in [1.165, 1.54) is 0 Å². The van der Waals surface area contributed by atoms with Crippen LogP contribution in [-0.2, 0) is 37.2 Å². The maximum atomic E-state index is 12.8. The number of esters is 2. The van der Waals surface area contributed by atoms with Crippen molar-refractivity contribution < 1.29 is 37.2 Å². The fraction of sp³-hybridized carbons (Fsp3) is 0.727. The van der Waals surface area contributed by atoms with Gasteiger partial charge in [0.15, 0.2) is 0 Å². The normalized spacial score (nSPS) is 11.2. The van der Waals surface area contributed by atoms with E-state index in [0.717, 1.165) is 25.7 Å². The Morgan fingerprint density at radius 2 is 1.00 bits per heavy atom. The van der Waals surface area contributed by atoms with Crippen LogP contribution in [0.2, 0.25) is 0 Å². The average Bonchev–Trinajstić information content (AvgIpc) is 2.72. The van der Waals surface area contributed by atoms with Gasteiger partial charge in [-0.15, -0.1) is 0 Å². The van der Waals surface area contributed by atoms with Crippen LogP contribution < -0.4 is 0 Å². The molecule has 0 aliphatic heterocycles. The van der Waals surface area contributed by atoms with E-state index in [-0.39, 0.29) is 13.2 Å². The van der Waals surface area contributed by atoms with Crippen LogP contribution in [0.4, 0.5) is 0 Å².